The number of benzene rings is 1. The molecule has 14 heavy (non-hydrogen) atoms. The zero-order valence-electron chi connectivity index (χ0n) is 8.02. The third-order valence-corrected chi connectivity index (χ3v) is 2.06. The van der Waals surface area contributed by atoms with Crippen LogP contribution in [0.1, 0.15) is 5.56 Å². The Balaban J connectivity index is 2.45. The van der Waals surface area contributed by atoms with Gasteiger partial charge in [0.25, 0.3) is 0 Å². The molecule has 0 aromatic heterocycles. The Morgan fingerprint density at radius 2 is 2.29 bits per heavy atom. The van der Waals surface area contributed by atoms with Crippen LogP contribution in [0.4, 0.5) is 4.39 Å². The van der Waals surface area contributed by atoms with Gasteiger partial charge >= 0.3 is 0 Å². The molecular formula is C10H13ClFNO. The van der Waals surface area contributed by atoms with E-state index in [1.54, 1.807) is 19.2 Å². The first-order chi connectivity index (χ1) is 6.74. The van der Waals surface area contributed by atoms with E-state index >= 15 is 0 Å². The molecule has 1 aromatic rings. The fraction of sp³-hybridized carbons (Fsp3) is 0.400. The summed E-state index contributed by atoms with van der Waals surface area (Å²) in [4.78, 5) is 0. The summed E-state index contributed by atoms with van der Waals surface area (Å²) in [6, 6.07) is 4.57. The molecule has 4 heteroatoms. The van der Waals surface area contributed by atoms with Crippen LogP contribution in [0.5, 0.6) is 0 Å². The van der Waals surface area contributed by atoms with Crippen LogP contribution in [0.25, 0.3) is 0 Å². The van der Waals surface area contributed by atoms with E-state index in [1.807, 2.05) is 0 Å². The highest BCUT2D eigenvalue weighted by Crippen LogP contribution is 2.14. The quantitative estimate of drug-likeness (QED) is 0.603. The minimum Gasteiger partial charge on any atom is -0.370 e. The average molecular weight is 218 g/mol. The van der Waals surface area contributed by atoms with Gasteiger partial charge in [0.2, 0.25) is 0 Å². The Hall–Kier alpha value is -0.640. The number of methoxy groups -OCH3 is 1. The first-order valence-electron chi connectivity index (χ1n) is 4.37. The molecule has 0 aliphatic heterocycles. The Labute approximate surface area is 88.0 Å². The summed E-state index contributed by atoms with van der Waals surface area (Å²) in [5, 5.41) is 3.56. The maximum atomic E-state index is 13.2. The molecule has 2 nitrogen and oxygen atoms in total. The first kappa shape index (κ1) is 11.4. The molecule has 0 saturated carbocycles. The SMILES string of the molecule is COCNCCc1cc(Cl)ccc1F. The molecule has 0 unspecified atom stereocenters. The van der Waals surface area contributed by atoms with Crippen LogP contribution < -0.4 is 5.32 Å². The maximum absolute atomic E-state index is 13.2. The van der Waals surface area contributed by atoms with Crippen LogP contribution in [0.3, 0.4) is 0 Å². The molecule has 0 heterocycles. The standard InChI is InChI=1S/C10H13ClFNO/c1-14-7-13-5-4-8-6-9(11)2-3-10(8)12/h2-3,6,13H,4-5,7H2,1H3. The molecule has 0 saturated heterocycles. The summed E-state index contributed by atoms with van der Waals surface area (Å²) in [7, 11) is 1.60. The third kappa shape index (κ3) is 3.62. The molecular weight excluding hydrogens is 205 g/mol. The molecule has 1 N–H and O–H groups in total. The van der Waals surface area contributed by atoms with Gasteiger partial charge in [-0.25, -0.2) is 4.39 Å². The van der Waals surface area contributed by atoms with Crippen molar-refractivity contribution in [3.63, 3.8) is 0 Å². The largest absolute Gasteiger partial charge is 0.370 e. The van der Waals surface area contributed by atoms with Gasteiger partial charge in [0.1, 0.15) is 5.82 Å². The van der Waals surface area contributed by atoms with E-state index in [0.717, 1.165) is 0 Å². The molecule has 0 fully saturated rings. The van der Waals surface area contributed by atoms with Gasteiger partial charge in [0.15, 0.2) is 0 Å². The van der Waals surface area contributed by atoms with Crippen molar-refractivity contribution in [2.24, 2.45) is 0 Å². The van der Waals surface area contributed by atoms with E-state index in [9.17, 15) is 4.39 Å². The summed E-state index contributed by atoms with van der Waals surface area (Å²) >= 11 is 5.75. The molecule has 78 valence electrons. The molecule has 0 spiro atoms. The molecule has 0 aliphatic rings. The van der Waals surface area contributed by atoms with Gasteiger partial charge in [-0.15, -0.1) is 0 Å². The van der Waals surface area contributed by atoms with Gasteiger partial charge in [-0.05, 0) is 30.2 Å². The number of halogens is 2. The smallest absolute Gasteiger partial charge is 0.126 e. The van der Waals surface area contributed by atoms with E-state index < -0.39 is 0 Å². The van der Waals surface area contributed by atoms with Gasteiger partial charge in [-0.1, -0.05) is 11.6 Å². The predicted octanol–water partition coefficient (Wildman–Crippen LogP) is 2.22. The van der Waals surface area contributed by atoms with Gasteiger partial charge in [-0.2, -0.15) is 0 Å². The lowest BCUT2D eigenvalue weighted by atomic mass is 10.1. The summed E-state index contributed by atoms with van der Waals surface area (Å²) in [5.41, 5.74) is 0.626. The first-order valence-corrected chi connectivity index (χ1v) is 4.75. The second-order valence-corrected chi connectivity index (χ2v) is 3.36. The second-order valence-electron chi connectivity index (χ2n) is 2.92. The van der Waals surface area contributed by atoms with E-state index in [1.165, 1.54) is 6.07 Å². The monoisotopic (exact) mass is 217 g/mol. The molecule has 0 aliphatic carbocycles. The zero-order chi connectivity index (χ0) is 10.4. The van der Waals surface area contributed by atoms with Crippen LogP contribution in [-0.2, 0) is 11.2 Å². The molecule has 1 rings (SSSR count). The van der Waals surface area contributed by atoms with Crippen LogP contribution in [0.2, 0.25) is 5.02 Å². The molecule has 0 amide bonds. The average Bonchev–Trinajstić information content (AvgIpc) is 2.18. The molecule has 0 bridgehead atoms. The fourth-order valence-corrected chi connectivity index (χ4v) is 1.33. The molecule has 0 atom stereocenters. The lowest BCUT2D eigenvalue weighted by Gasteiger charge is -2.05. The zero-order valence-corrected chi connectivity index (χ0v) is 8.77. The Morgan fingerprint density at radius 3 is 3.00 bits per heavy atom. The van der Waals surface area contributed by atoms with Crippen molar-refractivity contribution in [2.75, 3.05) is 20.4 Å². The van der Waals surface area contributed by atoms with Crippen LogP contribution >= 0.6 is 11.6 Å². The summed E-state index contributed by atoms with van der Waals surface area (Å²) in [6.07, 6.45) is 0.607. The van der Waals surface area contributed by atoms with Crippen molar-refractivity contribution in [3.8, 4) is 0 Å². The number of nitrogens with one attached hydrogen (secondary N) is 1. The van der Waals surface area contributed by atoms with E-state index in [4.69, 9.17) is 16.3 Å². The van der Waals surface area contributed by atoms with Crippen molar-refractivity contribution in [3.05, 3.63) is 34.6 Å². The normalized spacial score (nSPS) is 10.5. The summed E-state index contributed by atoms with van der Waals surface area (Å²) in [6.45, 7) is 1.15. The summed E-state index contributed by atoms with van der Waals surface area (Å²) in [5.74, 6) is -0.214. The van der Waals surface area contributed by atoms with Crippen LogP contribution in [-0.4, -0.2) is 20.4 Å². The molecule has 1 aromatic carbocycles. The number of rotatable bonds is 5. The van der Waals surface area contributed by atoms with E-state index in [2.05, 4.69) is 5.32 Å². The minimum atomic E-state index is -0.214. The fourth-order valence-electron chi connectivity index (χ4n) is 1.13. The highest BCUT2D eigenvalue weighted by molar-refractivity contribution is 6.30. The van der Waals surface area contributed by atoms with Crippen molar-refractivity contribution in [1.29, 1.82) is 0 Å². The number of hydrogen-bond acceptors (Lipinski definition) is 2. The van der Waals surface area contributed by atoms with Gasteiger partial charge in [0.05, 0.1) is 6.73 Å². The Morgan fingerprint density at radius 1 is 1.50 bits per heavy atom. The lowest BCUT2D eigenvalue weighted by molar-refractivity contribution is 0.176. The second kappa shape index (κ2) is 5.96. The van der Waals surface area contributed by atoms with Gasteiger partial charge < -0.3 is 4.74 Å². The maximum Gasteiger partial charge on any atom is 0.126 e. The Kier molecular flexibility index (Phi) is 4.87. The third-order valence-electron chi connectivity index (χ3n) is 1.83. The minimum absolute atomic E-state index is 0.214. The Bertz CT molecular complexity index is 293. The highest BCUT2D eigenvalue weighted by Gasteiger charge is 2.01. The van der Waals surface area contributed by atoms with Crippen LogP contribution in [0.15, 0.2) is 18.2 Å². The highest BCUT2D eigenvalue weighted by atomic mass is 35.5. The summed E-state index contributed by atoms with van der Waals surface area (Å²) < 4.78 is 18.0. The van der Waals surface area contributed by atoms with Gasteiger partial charge in [0, 0.05) is 18.7 Å². The predicted molar refractivity (Wildman–Crippen MR) is 55.0 cm³/mol. The van der Waals surface area contributed by atoms with Crippen molar-refractivity contribution in [1.82, 2.24) is 5.32 Å². The van der Waals surface area contributed by atoms with Crippen molar-refractivity contribution < 1.29 is 9.13 Å². The van der Waals surface area contributed by atoms with E-state index in [-0.39, 0.29) is 5.82 Å². The van der Waals surface area contributed by atoms with E-state index in [0.29, 0.717) is 30.3 Å². The number of ether oxygens (including phenoxy) is 1. The van der Waals surface area contributed by atoms with Crippen molar-refractivity contribution >= 4 is 11.6 Å². The van der Waals surface area contributed by atoms with Gasteiger partial charge in [-0.3, -0.25) is 5.32 Å². The van der Waals surface area contributed by atoms with Crippen LogP contribution in [0, 0.1) is 5.82 Å². The number of hydrogen-bond donors (Lipinski definition) is 1. The lowest BCUT2D eigenvalue weighted by Crippen LogP contribution is -2.19. The molecule has 0 radical (unpaired) electrons. The van der Waals surface area contributed by atoms with Crippen molar-refractivity contribution in [2.45, 2.75) is 6.42 Å². The topological polar surface area (TPSA) is 21.3 Å².